The summed E-state index contributed by atoms with van der Waals surface area (Å²) in [5.74, 6) is -0.947. The summed E-state index contributed by atoms with van der Waals surface area (Å²) < 4.78 is 0. The van der Waals surface area contributed by atoms with Gasteiger partial charge < -0.3 is 16.4 Å². The Morgan fingerprint density at radius 2 is 1.53 bits per heavy atom. The smallest absolute Gasteiger partial charge is 0.330 e. The molecular formula is C10H22ClNO3. The van der Waals surface area contributed by atoms with Crippen molar-refractivity contribution >= 4 is 18.4 Å². The van der Waals surface area contributed by atoms with Crippen molar-refractivity contribution in [3.8, 4) is 0 Å². The third-order valence-corrected chi connectivity index (χ3v) is 2.49. The Morgan fingerprint density at radius 3 is 1.73 bits per heavy atom. The van der Waals surface area contributed by atoms with Gasteiger partial charge in [0, 0.05) is 11.0 Å². The van der Waals surface area contributed by atoms with Gasteiger partial charge in [0.1, 0.15) is 0 Å². The fraction of sp³-hybridized carbons (Fsp3) is 0.700. The molecule has 0 aromatic heterocycles. The molecule has 5 N–H and O–H groups in total. The maximum Gasteiger partial charge on any atom is 0.330 e. The lowest BCUT2D eigenvalue weighted by Crippen LogP contribution is -2.37. The molecule has 0 saturated carbocycles. The van der Waals surface area contributed by atoms with Crippen LogP contribution in [0.15, 0.2) is 11.6 Å². The monoisotopic (exact) mass is 239 g/mol. The normalized spacial score (nSPS) is 12.5. The third kappa shape index (κ3) is 5.77. The molecule has 15 heavy (non-hydrogen) atoms. The van der Waals surface area contributed by atoms with Gasteiger partial charge in [0.05, 0.1) is 5.60 Å². The molecule has 0 fully saturated rings. The van der Waals surface area contributed by atoms with Gasteiger partial charge in [0.2, 0.25) is 0 Å². The summed E-state index contributed by atoms with van der Waals surface area (Å²) in [5, 5.41) is 18.4. The lowest BCUT2D eigenvalue weighted by molar-refractivity contribution is -0.132. The number of hydrogen-bond acceptors (Lipinski definition) is 3. The molecule has 4 nitrogen and oxygen atoms in total. The first-order chi connectivity index (χ1) is 5.58. The van der Waals surface area contributed by atoms with E-state index in [-0.39, 0.29) is 24.1 Å². The van der Waals surface area contributed by atoms with Gasteiger partial charge in [-0.3, -0.25) is 0 Å². The quantitative estimate of drug-likeness (QED) is 0.660. The minimum Gasteiger partial charge on any atom is -0.478 e. The van der Waals surface area contributed by atoms with Crippen LogP contribution in [0.2, 0.25) is 0 Å². The first-order valence-electron chi connectivity index (χ1n) is 4.23. The second kappa shape index (κ2) is 6.10. The fourth-order valence-electron chi connectivity index (χ4n) is 0.780. The predicted octanol–water partition coefficient (Wildman–Crippen LogP) is 2.40. The molecule has 92 valence electrons. The molecule has 0 spiro atoms. The number of carboxylic acid groups (broad SMARTS) is 1. The van der Waals surface area contributed by atoms with E-state index in [1.165, 1.54) is 6.92 Å². The molecule has 0 aliphatic carbocycles. The van der Waals surface area contributed by atoms with Gasteiger partial charge in [0.25, 0.3) is 0 Å². The Bertz CT molecular complexity index is 242. The molecule has 0 amide bonds. The van der Waals surface area contributed by atoms with Crippen LogP contribution in [0.25, 0.3) is 0 Å². The van der Waals surface area contributed by atoms with E-state index in [0.29, 0.717) is 0 Å². The topological polar surface area (TPSA) is 92.5 Å². The van der Waals surface area contributed by atoms with Gasteiger partial charge in [-0.25, -0.2) is 4.79 Å². The summed E-state index contributed by atoms with van der Waals surface area (Å²) in [6.45, 7) is 8.46. The van der Waals surface area contributed by atoms with Crippen LogP contribution in [0.5, 0.6) is 0 Å². The largest absolute Gasteiger partial charge is 0.478 e. The Labute approximate surface area is 97.4 Å². The highest BCUT2D eigenvalue weighted by Crippen LogP contribution is 2.32. The molecule has 0 radical (unpaired) electrons. The number of halogens is 1. The minimum atomic E-state index is -0.947. The SMILES string of the molecule is CC(=CC(C)(C)C(C)(C)O)C(=O)O.Cl.N. The van der Waals surface area contributed by atoms with Gasteiger partial charge in [-0.2, -0.15) is 0 Å². The van der Waals surface area contributed by atoms with Gasteiger partial charge in [0.15, 0.2) is 0 Å². The summed E-state index contributed by atoms with van der Waals surface area (Å²) in [6.07, 6.45) is 1.58. The molecular weight excluding hydrogens is 218 g/mol. The van der Waals surface area contributed by atoms with E-state index in [9.17, 15) is 9.90 Å². The highest BCUT2D eigenvalue weighted by atomic mass is 35.5. The molecule has 0 bridgehead atoms. The lowest BCUT2D eigenvalue weighted by Gasteiger charge is -2.34. The second-order valence-electron chi connectivity index (χ2n) is 4.41. The first kappa shape index (κ1) is 19.9. The molecule has 0 aromatic rings. The van der Waals surface area contributed by atoms with Crippen LogP contribution < -0.4 is 6.15 Å². The molecule has 5 heteroatoms. The van der Waals surface area contributed by atoms with Crippen molar-refractivity contribution in [2.24, 2.45) is 5.41 Å². The lowest BCUT2D eigenvalue weighted by atomic mass is 9.76. The highest BCUT2D eigenvalue weighted by Gasteiger charge is 2.33. The molecule has 0 heterocycles. The maximum atomic E-state index is 10.6. The van der Waals surface area contributed by atoms with Crippen LogP contribution in [0.4, 0.5) is 0 Å². The standard InChI is InChI=1S/C10H18O3.ClH.H3N/c1-7(8(11)12)6-9(2,3)10(4,5)13;;/h6,13H,1-5H3,(H,11,12);1H;1H3. The number of carboxylic acids is 1. The Balaban J connectivity index is -0.000000720. The summed E-state index contributed by atoms with van der Waals surface area (Å²) in [4.78, 5) is 10.6. The number of carbonyl (C=O) groups is 1. The first-order valence-corrected chi connectivity index (χ1v) is 4.23. The molecule has 0 rings (SSSR count). The van der Waals surface area contributed by atoms with Gasteiger partial charge in [-0.1, -0.05) is 19.9 Å². The zero-order chi connectivity index (χ0) is 10.9. The number of hydrogen-bond donors (Lipinski definition) is 3. The fourth-order valence-corrected chi connectivity index (χ4v) is 0.780. The van der Waals surface area contributed by atoms with Crippen LogP contribution in [0.3, 0.4) is 0 Å². The van der Waals surface area contributed by atoms with Crippen LogP contribution in [0.1, 0.15) is 34.6 Å². The van der Waals surface area contributed by atoms with Gasteiger partial charge >= 0.3 is 5.97 Å². The summed E-state index contributed by atoms with van der Waals surface area (Å²) in [6, 6.07) is 0. The van der Waals surface area contributed by atoms with Crippen molar-refractivity contribution in [1.29, 1.82) is 0 Å². The maximum absolute atomic E-state index is 10.6. The van der Waals surface area contributed by atoms with E-state index in [0.717, 1.165) is 0 Å². The Morgan fingerprint density at radius 1 is 1.20 bits per heavy atom. The van der Waals surface area contributed by atoms with Crippen molar-refractivity contribution in [2.75, 3.05) is 0 Å². The molecule has 0 atom stereocenters. The number of aliphatic carboxylic acids is 1. The molecule has 0 aliphatic heterocycles. The van der Waals surface area contributed by atoms with E-state index in [2.05, 4.69) is 0 Å². The zero-order valence-electron chi connectivity index (χ0n) is 10.00. The summed E-state index contributed by atoms with van der Waals surface area (Å²) in [5.41, 5.74) is -1.22. The highest BCUT2D eigenvalue weighted by molar-refractivity contribution is 5.86. The number of rotatable bonds is 3. The van der Waals surface area contributed by atoms with Crippen molar-refractivity contribution in [3.05, 3.63) is 11.6 Å². The molecule has 0 aromatic carbocycles. The van der Waals surface area contributed by atoms with Gasteiger partial charge in [-0.15, -0.1) is 12.4 Å². The van der Waals surface area contributed by atoms with E-state index in [4.69, 9.17) is 5.11 Å². The molecule has 0 aliphatic rings. The molecule has 0 unspecified atom stereocenters. The van der Waals surface area contributed by atoms with Crippen molar-refractivity contribution in [3.63, 3.8) is 0 Å². The summed E-state index contributed by atoms with van der Waals surface area (Å²) >= 11 is 0. The Kier molecular flexibility index (Phi) is 8.10. The van der Waals surface area contributed by atoms with E-state index < -0.39 is 17.0 Å². The van der Waals surface area contributed by atoms with Crippen LogP contribution >= 0.6 is 12.4 Å². The van der Waals surface area contributed by atoms with Crippen LogP contribution in [-0.2, 0) is 4.79 Å². The zero-order valence-corrected chi connectivity index (χ0v) is 10.8. The van der Waals surface area contributed by atoms with Crippen LogP contribution in [0, 0.1) is 5.41 Å². The van der Waals surface area contributed by atoms with Crippen molar-refractivity contribution < 1.29 is 15.0 Å². The van der Waals surface area contributed by atoms with Crippen molar-refractivity contribution in [2.45, 2.75) is 40.2 Å². The minimum absolute atomic E-state index is 0. The predicted molar refractivity (Wildman–Crippen MR) is 63.7 cm³/mol. The van der Waals surface area contributed by atoms with Gasteiger partial charge in [-0.05, 0) is 20.8 Å². The average molecular weight is 240 g/mol. The van der Waals surface area contributed by atoms with Crippen LogP contribution in [-0.4, -0.2) is 21.8 Å². The Hall–Kier alpha value is -0.580. The van der Waals surface area contributed by atoms with E-state index >= 15 is 0 Å². The van der Waals surface area contributed by atoms with Crippen molar-refractivity contribution in [1.82, 2.24) is 6.15 Å². The average Bonchev–Trinajstić information content (AvgIpc) is 1.83. The van der Waals surface area contributed by atoms with E-state index in [1.54, 1.807) is 33.8 Å². The third-order valence-electron chi connectivity index (χ3n) is 2.49. The van der Waals surface area contributed by atoms with E-state index in [1.807, 2.05) is 0 Å². The second-order valence-corrected chi connectivity index (χ2v) is 4.41. The summed E-state index contributed by atoms with van der Waals surface area (Å²) in [7, 11) is 0. The number of aliphatic hydroxyl groups is 1. The molecule has 0 saturated heterocycles.